The van der Waals surface area contributed by atoms with Crippen LogP contribution in [0, 0.1) is 11.8 Å². The van der Waals surface area contributed by atoms with Crippen LogP contribution in [0.2, 0.25) is 0 Å². The van der Waals surface area contributed by atoms with Crippen LogP contribution in [-0.4, -0.2) is 23.0 Å². The fourth-order valence-electron chi connectivity index (χ4n) is 4.26. The van der Waals surface area contributed by atoms with E-state index in [4.69, 9.17) is 5.73 Å². The third-order valence-electron chi connectivity index (χ3n) is 5.27. The molecular formula is C17H21N3OS. The Hall–Kier alpha value is -1.46. The number of carbonyl (C=O) groups excluding carboxylic acids is 1. The van der Waals surface area contributed by atoms with Gasteiger partial charge < -0.3 is 11.1 Å². The Bertz CT molecular complexity index is 684. The number of benzene rings is 1. The third kappa shape index (κ3) is 2.52. The van der Waals surface area contributed by atoms with Crippen molar-refractivity contribution in [1.29, 1.82) is 0 Å². The average Bonchev–Trinajstić information content (AvgIpc) is 2.95. The first-order valence-electron chi connectivity index (χ1n) is 8.10. The van der Waals surface area contributed by atoms with E-state index in [9.17, 15) is 4.79 Å². The Morgan fingerprint density at radius 2 is 2.05 bits per heavy atom. The molecule has 116 valence electrons. The first kappa shape index (κ1) is 14.2. The quantitative estimate of drug-likeness (QED) is 0.895. The zero-order valence-electron chi connectivity index (χ0n) is 12.5. The summed E-state index contributed by atoms with van der Waals surface area (Å²) in [6, 6.07) is 6.38. The number of nitrogens with zero attached hydrogens (tertiary/aromatic N) is 1. The summed E-state index contributed by atoms with van der Waals surface area (Å²) >= 11 is 1.57. The molecule has 3 N–H and O–H groups in total. The van der Waals surface area contributed by atoms with Gasteiger partial charge in [0.15, 0.2) is 0 Å². The zero-order valence-corrected chi connectivity index (χ0v) is 13.3. The largest absolute Gasteiger partial charge is 0.349 e. The van der Waals surface area contributed by atoms with E-state index in [1.54, 1.807) is 11.3 Å². The first-order chi connectivity index (χ1) is 10.7. The lowest BCUT2D eigenvalue weighted by atomic mass is 9.67. The molecule has 1 heterocycles. The van der Waals surface area contributed by atoms with Gasteiger partial charge in [-0.2, -0.15) is 0 Å². The van der Waals surface area contributed by atoms with Gasteiger partial charge >= 0.3 is 0 Å². The number of aromatic nitrogens is 1. The lowest BCUT2D eigenvalue weighted by molar-refractivity contribution is 0.0756. The van der Waals surface area contributed by atoms with E-state index >= 15 is 0 Å². The lowest BCUT2D eigenvalue weighted by Crippen LogP contribution is -2.53. The molecule has 2 aliphatic carbocycles. The molecule has 1 amide bonds. The summed E-state index contributed by atoms with van der Waals surface area (Å²) < 4.78 is 1.07. The highest BCUT2D eigenvalue weighted by Crippen LogP contribution is 2.39. The highest BCUT2D eigenvalue weighted by atomic mass is 32.1. The monoisotopic (exact) mass is 315 g/mol. The van der Waals surface area contributed by atoms with Crippen molar-refractivity contribution in [3.63, 3.8) is 0 Å². The predicted molar refractivity (Wildman–Crippen MR) is 88.9 cm³/mol. The van der Waals surface area contributed by atoms with Gasteiger partial charge in [-0.3, -0.25) is 4.79 Å². The van der Waals surface area contributed by atoms with E-state index in [2.05, 4.69) is 10.3 Å². The molecule has 5 heteroatoms. The molecular weight excluding hydrogens is 294 g/mol. The number of nitrogens with two attached hydrogens (primary N) is 1. The van der Waals surface area contributed by atoms with Crippen molar-refractivity contribution < 1.29 is 4.79 Å². The summed E-state index contributed by atoms with van der Waals surface area (Å²) in [7, 11) is 0. The Morgan fingerprint density at radius 3 is 2.82 bits per heavy atom. The van der Waals surface area contributed by atoms with E-state index in [0.717, 1.165) is 28.6 Å². The molecule has 4 nitrogen and oxygen atoms in total. The van der Waals surface area contributed by atoms with Crippen molar-refractivity contribution in [1.82, 2.24) is 10.3 Å². The molecule has 4 rings (SSSR count). The van der Waals surface area contributed by atoms with Gasteiger partial charge in [0.05, 0.1) is 15.7 Å². The minimum Gasteiger partial charge on any atom is -0.349 e. The average molecular weight is 315 g/mol. The molecule has 2 bridgehead atoms. The number of rotatable bonds is 2. The van der Waals surface area contributed by atoms with Crippen LogP contribution >= 0.6 is 11.3 Å². The number of fused-ring (bicyclic) bond motifs is 3. The van der Waals surface area contributed by atoms with Crippen LogP contribution in [0.1, 0.15) is 42.5 Å². The van der Waals surface area contributed by atoms with E-state index in [1.165, 1.54) is 19.3 Å². The van der Waals surface area contributed by atoms with Crippen LogP contribution in [-0.2, 0) is 0 Å². The normalized spacial score (nSPS) is 31.1. The minimum atomic E-state index is 0.0488. The smallest absolute Gasteiger partial charge is 0.251 e. The second-order valence-corrected chi connectivity index (χ2v) is 7.60. The van der Waals surface area contributed by atoms with Crippen molar-refractivity contribution in [2.45, 2.75) is 44.2 Å². The third-order valence-corrected chi connectivity index (χ3v) is 6.06. The summed E-state index contributed by atoms with van der Waals surface area (Å²) in [5, 5.41) is 3.30. The molecule has 1 aromatic heterocycles. The van der Waals surface area contributed by atoms with Crippen LogP contribution < -0.4 is 11.1 Å². The fraction of sp³-hybridized carbons (Fsp3) is 0.529. The van der Waals surface area contributed by atoms with Crippen LogP contribution in [0.4, 0.5) is 0 Å². The summed E-state index contributed by atoms with van der Waals surface area (Å²) in [5.74, 6) is 1.16. The second kappa shape index (κ2) is 5.63. The van der Waals surface area contributed by atoms with E-state index in [1.807, 2.05) is 23.7 Å². The van der Waals surface area contributed by atoms with Gasteiger partial charge in [0.1, 0.15) is 0 Å². The summed E-state index contributed by atoms with van der Waals surface area (Å²) in [5.41, 5.74) is 9.68. The summed E-state index contributed by atoms with van der Waals surface area (Å²) in [4.78, 5) is 16.9. The molecule has 2 aliphatic rings. The maximum absolute atomic E-state index is 12.6. The van der Waals surface area contributed by atoms with Gasteiger partial charge in [0.25, 0.3) is 5.91 Å². The van der Waals surface area contributed by atoms with Gasteiger partial charge in [-0.15, -0.1) is 11.3 Å². The molecule has 0 radical (unpaired) electrons. The highest BCUT2D eigenvalue weighted by Gasteiger charge is 2.39. The van der Waals surface area contributed by atoms with Crippen LogP contribution in [0.3, 0.4) is 0 Å². The van der Waals surface area contributed by atoms with Gasteiger partial charge in [0, 0.05) is 17.6 Å². The molecule has 22 heavy (non-hydrogen) atoms. The molecule has 0 spiro atoms. The second-order valence-electron chi connectivity index (χ2n) is 6.72. The fourth-order valence-corrected chi connectivity index (χ4v) is 4.97. The summed E-state index contributed by atoms with van der Waals surface area (Å²) in [6.07, 6.45) is 5.78. The molecule has 2 unspecified atom stereocenters. The number of amides is 1. The van der Waals surface area contributed by atoms with E-state index in [-0.39, 0.29) is 5.91 Å². The number of hydrogen-bond acceptors (Lipinski definition) is 4. The molecule has 2 atom stereocenters. The molecule has 1 aromatic carbocycles. The number of carbonyl (C=O) groups is 1. The minimum absolute atomic E-state index is 0.0488. The van der Waals surface area contributed by atoms with Crippen LogP contribution in [0.5, 0.6) is 0 Å². The Balaban J connectivity index is 1.53. The first-order valence-corrected chi connectivity index (χ1v) is 8.98. The van der Waals surface area contributed by atoms with Gasteiger partial charge in [0.2, 0.25) is 0 Å². The van der Waals surface area contributed by atoms with Crippen molar-refractivity contribution >= 4 is 27.5 Å². The Labute approximate surface area is 134 Å². The lowest BCUT2D eigenvalue weighted by Gasteiger charge is -2.45. The zero-order chi connectivity index (χ0) is 15.1. The van der Waals surface area contributed by atoms with Gasteiger partial charge in [-0.05, 0) is 55.7 Å². The van der Waals surface area contributed by atoms with Gasteiger partial charge in [-0.25, -0.2) is 4.98 Å². The topological polar surface area (TPSA) is 68.0 Å². The van der Waals surface area contributed by atoms with Crippen molar-refractivity contribution in [3.8, 4) is 0 Å². The SMILES string of the molecule is NC1CC2CCCC(C1)C2NC(=O)c1ccc2ncsc2c1. The molecule has 2 saturated carbocycles. The Kier molecular flexibility index (Phi) is 3.62. The van der Waals surface area contributed by atoms with E-state index < -0.39 is 0 Å². The van der Waals surface area contributed by atoms with Gasteiger partial charge in [-0.1, -0.05) is 6.42 Å². The molecule has 2 aromatic rings. The number of hydrogen-bond donors (Lipinski definition) is 2. The Morgan fingerprint density at radius 1 is 1.27 bits per heavy atom. The maximum atomic E-state index is 12.6. The maximum Gasteiger partial charge on any atom is 0.251 e. The van der Waals surface area contributed by atoms with Crippen molar-refractivity contribution in [2.75, 3.05) is 0 Å². The van der Waals surface area contributed by atoms with Crippen molar-refractivity contribution in [3.05, 3.63) is 29.3 Å². The predicted octanol–water partition coefficient (Wildman–Crippen LogP) is 2.93. The van der Waals surface area contributed by atoms with Crippen molar-refractivity contribution in [2.24, 2.45) is 17.6 Å². The number of thiazole rings is 1. The number of nitrogens with one attached hydrogen (secondary N) is 1. The highest BCUT2D eigenvalue weighted by molar-refractivity contribution is 7.16. The molecule has 0 aliphatic heterocycles. The molecule has 2 fully saturated rings. The summed E-state index contributed by atoms with van der Waals surface area (Å²) in [6.45, 7) is 0. The molecule has 0 saturated heterocycles. The van der Waals surface area contributed by atoms with Crippen LogP contribution in [0.15, 0.2) is 23.7 Å². The van der Waals surface area contributed by atoms with E-state index in [0.29, 0.717) is 23.9 Å². The van der Waals surface area contributed by atoms with Crippen LogP contribution in [0.25, 0.3) is 10.2 Å². The standard InChI is InChI=1S/C17H21N3OS/c18-13-6-10-2-1-3-11(7-13)16(10)20-17(21)12-4-5-14-15(8-12)22-9-19-14/h4-5,8-11,13,16H,1-3,6-7,18H2,(H,20,21).